The number of benzene rings is 1. The number of halogens is 1. The molecule has 0 fully saturated rings. The molecule has 1 aromatic heterocycles. The van der Waals surface area contributed by atoms with Gasteiger partial charge in [-0.05, 0) is 24.6 Å². The Morgan fingerprint density at radius 3 is 2.82 bits per heavy atom. The van der Waals surface area contributed by atoms with Gasteiger partial charge in [0, 0.05) is 19.6 Å². The van der Waals surface area contributed by atoms with Gasteiger partial charge < -0.3 is 15.2 Å². The molecule has 2 rings (SSSR count). The normalized spacial score (nSPS) is 12.2. The molecule has 1 atom stereocenters. The lowest BCUT2D eigenvalue weighted by atomic mass is 10.0. The molecule has 22 heavy (non-hydrogen) atoms. The summed E-state index contributed by atoms with van der Waals surface area (Å²) in [6.07, 6.45) is 1.60. The summed E-state index contributed by atoms with van der Waals surface area (Å²) in [5, 5.41) is 17.2. The summed E-state index contributed by atoms with van der Waals surface area (Å²) in [6.45, 7) is 2.49. The Bertz CT molecular complexity index is 665. The Balaban J connectivity index is 2.14. The second-order valence-electron chi connectivity index (χ2n) is 4.93. The van der Waals surface area contributed by atoms with Crippen LogP contribution in [0.15, 0.2) is 24.4 Å². The molecule has 0 unspecified atom stereocenters. The van der Waals surface area contributed by atoms with Crippen molar-refractivity contribution in [3.05, 3.63) is 46.2 Å². The molecule has 0 saturated carbocycles. The third-order valence-electron chi connectivity index (χ3n) is 3.54. The van der Waals surface area contributed by atoms with Crippen molar-refractivity contribution in [2.45, 2.75) is 19.5 Å². The quantitative estimate of drug-likeness (QED) is 0.854. The van der Waals surface area contributed by atoms with Gasteiger partial charge in [-0.1, -0.05) is 17.7 Å². The fraction of sp³-hybridized carbons (Fsp3) is 0.333. The van der Waals surface area contributed by atoms with Gasteiger partial charge in [0.25, 0.3) is 0 Å². The van der Waals surface area contributed by atoms with Crippen LogP contribution in [0.2, 0.25) is 5.02 Å². The molecule has 7 heteroatoms. The number of carbonyl (C=O) groups is 1. The third kappa shape index (κ3) is 3.40. The highest BCUT2D eigenvalue weighted by Crippen LogP contribution is 2.24. The number of ether oxygens (including phenoxy) is 1. The number of hydrogen-bond acceptors (Lipinski definition) is 4. The van der Waals surface area contributed by atoms with Crippen molar-refractivity contribution in [1.29, 1.82) is 0 Å². The van der Waals surface area contributed by atoms with Crippen LogP contribution < -0.4 is 10.1 Å². The molecule has 118 valence electrons. The Morgan fingerprint density at radius 1 is 1.55 bits per heavy atom. The highest BCUT2D eigenvalue weighted by Gasteiger charge is 2.15. The largest absolute Gasteiger partial charge is 0.496 e. The smallest absolute Gasteiger partial charge is 0.339 e. The van der Waals surface area contributed by atoms with E-state index < -0.39 is 5.97 Å². The molecule has 0 saturated heterocycles. The minimum atomic E-state index is -1.01. The molecule has 1 heterocycles. The Labute approximate surface area is 133 Å². The van der Waals surface area contributed by atoms with Crippen LogP contribution >= 0.6 is 11.6 Å². The van der Waals surface area contributed by atoms with Crippen molar-refractivity contribution in [2.75, 3.05) is 7.11 Å². The van der Waals surface area contributed by atoms with Gasteiger partial charge >= 0.3 is 5.97 Å². The molecular weight excluding hydrogens is 306 g/mol. The van der Waals surface area contributed by atoms with E-state index in [4.69, 9.17) is 16.3 Å². The highest BCUT2D eigenvalue weighted by atomic mass is 35.5. The average molecular weight is 324 g/mol. The summed E-state index contributed by atoms with van der Waals surface area (Å²) >= 11 is 6.06. The summed E-state index contributed by atoms with van der Waals surface area (Å²) in [7, 11) is 3.27. The zero-order valence-electron chi connectivity index (χ0n) is 12.6. The van der Waals surface area contributed by atoms with Crippen molar-refractivity contribution >= 4 is 17.6 Å². The number of nitrogens with one attached hydrogen (secondary N) is 1. The molecule has 0 bridgehead atoms. The predicted octanol–water partition coefficient (Wildman–Crippen LogP) is 2.63. The summed E-state index contributed by atoms with van der Waals surface area (Å²) in [5.74, 6) is -0.668. The molecule has 2 N–H and O–H groups in total. The maximum atomic E-state index is 11.3. The zero-order chi connectivity index (χ0) is 16.3. The summed E-state index contributed by atoms with van der Waals surface area (Å²) < 4.78 is 6.77. The topological polar surface area (TPSA) is 76.4 Å². The SMILES string of the molecule is COc1ccc([C@H](C)NCc2c(Cl)cnn2C)cc1C(=O)O. The number of rotatable bonds is 6. The summed E-state index contributed by atoms with van der Waals surface area (Å²) in [4.78, 5) is 11.3. The van der Waals surface area contributed by atoms with E-state index in [2.05, 4.69) is 10.4 Å². The van der Waals surface area contributed by atoms with Crippen LogP contribution in [0.4, 0.5) is 0 Å². The van der Waals surface area contributed by atoms with Gasteiger partial charge in [-0.25, -0.2) is 4.79 Å². The molecule has 0 amide bonds. The first-order valence-electron chi connectivity index (χ1n) is 6.75. The standard InChI is InChI=1S/C15H18ClN3O3/c1-9(17-8-13-12(16)7-18-19(13)2)10-4-5-14(22-3)11(6-10)15(20)21/h4-7,9,17H,8H2,1-3H3,(H,20,21)/t9-/m0/s1. The summed E-state index contributed by atoms with van der Waals surface area (Å²) in [5.41, 5.74) is 1.88. The molecule has 6 nitrogen and oxygen atoms in total. The molecule has 0 aliphatic rings. The highest BCUT2D eigenvalue weighted by molar-refractivity contribution is 6.31. The van der Waals surface area contributed by atoms with Crippen molar-refractivity contribution < 1.29 is 14.6 Å². The van der Waals surface area contributed by atoms with Crippen LogP contribution in [-0.2, 0) is 13.6 Å². The number of carboxylic acids is 1. The fourth-order valence-corrected chi connectivity index (χ4v) is 2.40. The molecule has 1 aromatic carbocycles. The van der Waals surface area contributed by atoms with Crippen LogP contribution in [-0.4, -0.2) is 28.0 Å². The third-order valence-corrected chi connectivity index (χ3v) is 3.86. The minimum Gasteiger partial charge on any atom is -0.496 e. The van der Waals surface area contributed by atoms with Gasteiger partial charge in [0.1, 0.15) is 11.3 Å². The Morgan fingerprint density at radius 2 is 2.27 bits per heavy atom. The van der Waals surface area contributed by atoms with Crippen molar-refractivity contribution in [3.63, 3.8) is 0 Å². The van der Waals surface area contributed by atoms with Crippen LogP contribution in [0.1, 0.15) is 34.6 Å². The van der Waals surface area contributed by atoms with Gasteiger partial charge in [-0.3, -0.25) is 4.68 Å². The molecule has 0 spiro atoms. The number of aromatic nitrogens is 2. The maximum absolute atomic E-state index is 11.3. The first kappa shape index (κ1) is 16.3. The van der Waals surface area contributed by atoms with E-state index in [0.29, 0.717) is 17.3 Å². The minimum absolute atomic E-state index is 0.0463. The van der Waals surface area contributed by atoms with E-state index in [-0.39, 0.29) is 11.6 Å². The van der Waals surface area contributed by atoms with Gasteiger partial charge in [-0.2, -0.15) is 5.10 Å². The predicted molar refractivity (Wildman–Crippen MR) is 83.4 cm³/mol. The fourth-order valence-electron chi connectivity index (χ4n) is 2.16. The Kier molecular flexibility index (Phi) is 5.05. The van der Waals surface area contributed by atoms with Gasteiger partial charge in [0.2, 0.25) is 0 Å². The van der Waals surface area contributed by atoms with E-state index in [1.807, 2.05) is 20.0 Å². The number of nitrogens with zero attached hydrogens (tertiary/aromatic N) is 2. The molecule has 0 aliphatic carbocycles. The first-order valence-corrected chi connectivity index (χ1v) is 7.12. The number of aryl methyl sites for hydroxylation is 1. The van der Waals surface area contributed by atoms with Crippen LogP contribution in [0.3, 0.4) is 0 Å². The van der Waals surface area contributed by atoms with Gasteiger partial charge in [-0.15, -0.1) is 0 Å². The Hall–Kier alpha value is -2.05. The molecule has 0 radical (unpaired) electrons. The van der Waals surface area contributed by atoms with Crippen LogP contribution in [0.25, 0.3) is 0 Å². The second-order valence-corrected chi connectivity index (χ2v) is 5.34. The number of aromatic carboxylic acids is 1. The monoisotopic (exact) mass is 323 g/mol. The maximum Gasteiger partial charge on any atom is 0.339 e. The van der Waals surface area contributed by atoms with Crippen molar-refractivity contribution in [3.8, 4) is 5.75 Å². The first-order chi connectivity index (χ1) is 10.4. The summed E-state index contributed by atoms with van der Waals surface area (Å²) in [6, 6.07) is 5.07. The second kappa shape index (κ2) is 6.81. The molecule has 2 aromatic rings. The average Bonchev–Trinajstić information content (AvgIpc) is 2.82. The van der Waals surface area contributed by atoms with E-state index in [0.717, 1.165) is 11.3 Å². The lowest BCUT2D eigenvalue weighted by molar-refractivity contribution is 0.0693. The van der Waals surface area contributed by atoms with Gasteiger partial charge in [0.15, 0.2) is 0 Å². The van der Waals surface area contributed by atoms with Crippen molar-refractivity contribution in [1.82, 2.24) is 15.1 Å². The van der Waals surface area contributed by atoms with E-state index in [9.17, 15) is 9.90 Å². The zero-order valence-corrected chi connectivity index (χ0v) is 13.4. The van der Waals surface area contributed by atoms with Crippen LogP contribution in [0, 0.1) is 0 Å². The number of hydrogen-bond donors (Lipinski definition) is 2. The molecular formula is C15H18ClN3O3. The molecule has 0 aliphatic heterocycles. The van der Waals surface area contributed by atoms with Gasteiger partial charge in [0.05, 0.1) is 24.0 Å². The van der Waals surface area contributed by atoms with E-state index in [1.165, 1.54) is 7.11 Å². The van der Waals surface area contributed by atoms with E-state index in [1.54, 1.807) is 23.0 Å². The lowest BCUT2D eigenvalue weighted by Crippen LogP contribution is -2.20. The lowest BCUT2D eigenvalue weighted by Gasteiger charge is -2.16. The number of carboxylic acid groups (broad SMARTS) is 1. The number of methoxy groups -OCH3 is 1. The van der Waals surface area contributed by atoms with E-state index >= 15 is 0 Å². The van der Waals surface area contributed by atoms with Crippen LogP contribution in [0.5, 0.6) is 5.75 Å². The van der Waals surface area contributed by atoms with Crippen molar-refractivity contribution in [2.24, 2.45) is 7.05 Å².